The first-order chi connectivity index (χ1) is 9.70. The second-order valence-corrected chi connectivity index (χ2v) is 6.44. The van der Waals surface area contributed by atoms with Crippen molar-refractivity contribution in [3.63, 3.8) is 0 Å². The van der Waals surface area contributed by atoms with Gasteiger partial charge in [0.1, 0.15) is 0 Å². The lowest BCUT2D eigenvalue weighted by atomic mass is 9.87. The molecule has 0 bridgehead atoms. The van der Waals surface area contributed by atoms with E-state index in [1.54, 1.807) is 0 Å². The Balaban J connectivity index is 1.62. The van der Waals surface area contributed by atoms with Crippen molar-refractivity contribution in [3.05, 3.63) is 29.8 Å². The maximum absolute atomic E-state index is 12.1. The highest BCUT2D eigenvalue weighted by Gasteiger charge is 2.24. The van der Waals surface area contributed by atoms with Crippen molar-refractivity contribution in [3.8, 4) is 0 Å². The number of amides is 1. The van der Waals surface area contributed by atoms with E-state index in [0.29, 0.717) is 12.1 Å². The van der Waals surface area contributed by atoms with Crippen molar-refractivity contribution >= 4 is 11.6 Å². The number of nitrogens with one attached hydrogen (secondary N) is 2. The predicted octanol–water partition coefficient (Wildman–Crippen LogP) is 3.57. The number of hydrogen-bond acceptors (Lipinski definition) is 2. The fourth-order valence-electron chi connectivity index (χ4n) is 3.05. The first-order valence-electron chi connectivity index (χ1n) is 7.88. The summed E-state index contributed by atoms with van der Waals surface area (Å²) in [6.45, 7) is 2.33. The molecule has 0 heterocycles. The van der Waals surface area contributed by atoms with Crippen LogP contribution in [0, 0.1) is 5.92 Å². The summed E-state index contributed by atoms with van der Waals surface area (Å²) in [4.78, 5) is 12.1. The number of carbonyl (C=O) groups excluding carboxylic acids is 1. The fourth-order valence-corrected chi connectivity index (χ4v) is 3.05. The molecule has 2 N–H and O–H groups in total. The molecule has 0 spiro atoms. The maximum atomic E-state index is 12.1. The van der Waals surface area contributed by atoms with E-state index in [1.807, 2.05) is 18.2 Å². The lowest BCUT2D eigenvalue weighted by Crippen LogP contribution is -2.27. The van der Waals surface area contributed by atoms with Crippen LogP contribution in [0.15, 0.2) is 24.3 Å². The largest absolute Gasteiger partial charge is 0.382 e. The molecule has 2 saturated carbocycles. The van der Waals surface area contributed by atoms with Crippen LogP contribution in [0.3, 0.4) is 0 Å². The van der Waals surface area contributed by atoms with Gasteiger partial charge in [0.25, 0.3) is 5.91 Å². The van der Waals surface area contributed by atoms with Crippen molar-refractivity contribution in [2.45, 2.75) is 57.5 Å². The zero-order valence-corrected chi connectivity index (χ0v) is 12.2. The highest BCUT2D eigenvalue weighted by molar-refractivity contribution is 5.95. The van der Waals surface area contributed by atoms with Crippen molar-refractivity contribution in [1.29, 1.82) is 0 Å². The second kappa shape index (κ2) is 5.86. The van der Waals surface area contributed by atoms with Gasteiger partial charge in [0, 0.05) is 23.3 Å². The molecule has 1 amide bonds. The summed E-state index contributed by atoms with van der Waals surface area (Å²) in [6.07, 6.45) is 7.39. The van der Waals surface area contributed by atoms with Crippen molar-refractivity contribution in [2.24, 2.45) is 5.92 Å². The Labute approximate surface area is 121 Å². The van der Waals surface area contributed by atoms with Gasteiger partial charge in [-0.05, 0) is 49.8 Å². The van der Waals surface area contributed by atoms with Crippen LogP contribution in [0.2, 0.25) is 0 Å². The number of carbonyl (C=O) groups is 1. The van der Waals surface area contributed by atoms with E-state index >= 15 is 0 Å². The molecule has 3 heteroatoms. The van der Waals surface area contributed by atoms with E-state index in [4.69, 9.17) is 0 Å². The molecule has 2 aliphatic carbocycles. The number of hydrogen-bond donors (Lipinski definition) is 2. The summed E-state index contributed by atoms with van der Waals surface area (Å²) in [5, 5.41) is 6.64. The summed E-state index contributed by atoms with van der Waals surface area (Å²) in [5.74, 6) is 0.871. The van der Waals surface area contributed by atoms with E-state index in [1.165, 1.54) is 25.7 Å². The first kappa shape index (κ1) is 13.5. The Morgan fingerprint density at radius 2 is 2.00 bits per heavy atom. The van der Waals surface area contributed by atoms with Crippen LogP contribution in [-0.4, -0.2) is 18.0 Å². The van der Waals surface area contributed by atoms with Crippen LogP contribution < -0.4 is 10.6 Å². The molecule has 20 heavy (non-hydrogen) atoms. The van der Waals surface area contributed by atoms with Gasteiger partial charge in [0.05, 0.1) is 0 Å². The Morgan fingerprint density at radius 3 is 2.75 bits per heavy atom. The molecule has 2 aliphatic rings. The van der Waals surface area contributed by atoms with Gasteiger partial charge in [-0.15, -0.1) is 0 Å². The van der Waals surface area contributed by atoms with Gasteiger partial charge in [-0.25, -0.2) is 0 Å². The quantitative estimate of drug-likeness (QED) is 0.879. The van der Waals surface area contributed by atoms with Gasteiger partial charge in [-0.1, -0.05) is 25.8 Å². The predicted molar refractivity (Wildman–Crippen MR) is 82.0 cm³/mol. The molecule has 3 nitrogen and oxygen atoms in total. The molecule has 2 fully saturated rings. The third kappa shape index (κ3) is 3.53. The van der Waals surface area contributed by atoms with E-state index < -0.39 is 0 Å². The zero-order valence-electron chi connectivity index (χ0n) is 12.2. The van der Waals surface area contributed by atoms with Crippen LogP contribution in [0.1, 0.15) is 55.8 Å². The van der Waals surface area contributed by atoms with Gasteiger partial charge in [0.15, 0.2) is 0 Å². The lowest BCUT2D eigenvalue weighted by Gasteiger charge is -2.28. The highest BCUT2D eigenvalue weighted by Crippen LogP contribution is 2.26. The van der Waals surface area contributed by atoms with Crippen LogP contribution in [0.25, 0.3) is 0 Å². The zero-order chi connectivity index (χ0) is 13.9. The van der Waals surface area contributed by atoms with E-state index in [-0.39, 0.29) is 5.91 Å². The van der Waals surface area contributed by atoms with Gasteiger partial charge in [-0.2, -0.15) is 0 Å². The second-order valence-electron chi connectivity index (χ2n) is 6.44. The van der Waals surface area contributed by atoms with Crippen molar-refractivity contribution in [2.75, 3.05) is 5.32 Å². The van der Waals surface area contributed by atoms with Gasteiger partial charge >= 0.3 is 0 Å². The minimum absolute atomic E-state index is 0.0631. The molecule has 3 rings (SSSR count). The smallest absolute Gasteiger partial charge is 0.251 e. The molecule has 108 valence electrons. The van der Waals surface area contributed by atoms with Gasteiger partial charge < -0.3 is 10.6 Å². The molecule has 1 aromatic rings. The molecule has 2 atom stereocenters. The number of anilines is 1. The summed E-state index contributed by atoms with van der Waals surface area (Å²) >= 11 is 0. The molecule has 1 aromatic carbocycles. The first-order valence-corrected chi connectivity index (χ1v) is 7.88. The Hall–Kier alpha value is -1.51. The van der Waals surface area contributed by atoms with E-state index in [2.05, 4.69) is 23.6 Å². The SMILES string of the molecule is CC1CCCC(Nc2cccc(C(=O)NC3CC3)c2)C1. The van der Waals surface area contributed by atoms with Crippen LogP contribution >= 0.6 is 0 Å². The Bertz CT molecular complexity index is 482. The molecule has 0 aliphatic heterocycles. The average Bonchev–Trinajstić information content (AvgIpc) is 3.23. The molecular formula is C17H24N2O. The van der Waals surface area contributed by atoms with Crippen LogP contribution in [-0.2, 0) is 0 Å². The summed E-state index contributed by atoms with van der Waals surface area (Å²) in [7, 11) is 0. The van der Waals surface area contributed by atoms with Crippen molar-refractivity contribution in [1.82, 2.24) is 5.32 Å². The molecule has 2 unspecified atom stereocenters. The lowest BCUT2D eigenvalue weighted by molar-refractivity contribution is 0.0951. The van der Waals surface area contributed by atoms with E-state index in [0.717, 1.165) is 30.0 Å². The minimum Gasteiger partial charge on any atom is -0.382 e. The fraction of sp³-hybridized carbons (Fsp3) is 0.588. The third-order valence-electron chi connectivity index (χ3n) is 4.34. The van der Waals surface area contributed by atoms with Gasteiger partial charge in [-0.3, -0.25) is 4.79 Å². The third-order valence-corrected chi connectivity index (χ3v) is 4.34. The molecule has 0 aromatic heterocycles. The Kier molecular flexibility index (Phi) is 3.95. The summed E-state index contributed by atoms with van der Waals surface area (Å²) < 4.78 is 0. The molecule has 0 radical (unpaired) electrons. The number of benzene rings is 1. The topological polar surface area (TPSA) is 41.1 Å². The maximum Gasteiger partial charge on any atom is 0.251 e. The highest BCUT2D eigenvalue weighted by atomic mass is 16.1. The van der Waals surface area contributed by atoms with Crippen LogP contribution in [0.4, 0.5) is 5.69 Å². The van der Waals surface area contributed by atoms with Gasteiger partial charge in [0.2, 0.25) is 0 Å². The van der Waals surface area contributed by atoms with Crippen molar-refractivity contribution < 1.29 is 4.79 Å². The molecule has 0 saturated heterocycles. The molecular weight excluding hydrogens is 248 g/mol. The average molecular weight is 272 g/mol. The Morgan fingerprint density at radius 1 is 1.15 bits per heavy atom. The summed E-state index contributed by atoms with van der Waals surface area (Å²) in [6, 6.07) is 8.88. The normalized spacial score (nSPS) is 26.1. The van der Waals surface area contributed by atoms with Crippen LogP contribution in [0.5, 0.6) is 0 Å². The summed E-state index contributed by atoms with van der Waals surface area (Å²) in [5.41, 5.74) is 1.85. The minimum atomic E-state index is 0.0631. The van der Waals surface area contributed by atoms with E-state index in [9.17, 15) is 4.79 Å². The standard InChI is InChI=1S/C17H24N2O/c1-12-4-2-6-15(10-12)18-16-7-3-5-13(11-16)17(20)19-14-8-9-14/h3,5,7,11-12,14-15,18H,2,4,6,8-10H2,1H3,(H,19,20). The number of rotatable bonds is 4. The monoisotopic (exact) mass is 272 g/mol.